The van der Waals surface area contributed by atoms with E-state index in [0.29, 0.717) is 18.0 Å². The Morgan fingerprint density at radius 2 is 2.00 bits per heavy atom. The fraction of sp³-hybridized carbons (Fsp3) is 0.455. The second-order valence-electron chi connectivity index (χ2n) is 7.05. The minimum atomic E-state index is -0.520. The molecule has 0 aromatic carbocycles. The summed E-state index contributed by atoms with van der Waals surface area (Å²) in [7, 11) is 1.58. The second-order valence-corrected chi connectivity index (χ2v) is 7.05. The lowest BCUT2D eigenvalue weighted by molar-refractivity contribution is 0.139. The average molecular weight is 398 g/mol. The monoisotopic (exact) mass is 398 g/mol. The molecule has 154 valence electrons. The Morgan fingerprint density at radius 1 is 1.10 bits per heavy atom. The van der Waals surface area contributed by atoms with Gasteiger partial charge in [-0.1, -0.05) is 22.4 Å². The van der Waals surface area contributed by atoms with Gasteiger partial charge in [-0.2, -0.15) is 4.39 Å². The summed E-state index contributed by atoms with van der Waals surface area (Å²) in [6, 6.07) is 8.91. The molecule has 2 heterocycles. The van der Waals surface area contributed by atoms with Gasteiger partial charge < -0.3 is 9.68 Å². The van der Waals surface area contributed by atoms with Gasteiger partial charge >= 0.3 is 0 Å². The topological polar surface area (TPSA) is 69.0 Å². The predicted octanol–water partition coefficient (Wildman–Crippen LogP) is 4.46. The maximum Gasteiger partial charge on any atom is 0.213 e. The normalized spacial score (nSPS) is 15.3. The highest BCUT2D eigenvalue weighted by molar-refractivity contribution is 6.00. The van der Waals surface area contributed by atoms with Crippen molar-refractivity contribution in [3.63, 3.8) is 0 Å². The van der Waals surface area contributed by atoms with Crippen LogP contribution in [0.1, 0.15) is 61.7 Å². The molecule has 0 aliphatic heterocycles. The van der Waals surface area contributed by atoms with Gasteiger partial charge in [0.05, 0.1) is 11.4 Å². The molecule has 0 fully saturated rings. The first kappa shape index (κ1) is 20.9. The first-order chi connectivity index (χ1) is 14.2. The van der Waals surface area contributed by atoms with Crippen molar-refractivity contribution in [3.05, 3.63) is 58.9 Å². The molecule has 7 heteroatoms. The Labute approximate surface area is 170 Å². The zero-order valence-electron chi connectivity index (χ0n) is 17.0. The average Bonchev–Trinajstić information content (AvgIpc) is 2.73. The molecule has 0 amide bonds. The molecule has 3 rings (SSSR count). The standard InChI is InChI=1S/C22H27FN4O2/c1-16(19-10-7-12-21(23)25-19)26-29-15-5-3-4-9-18-14-13-17-8-6-11-20(27-28-2)22(17)24-18/h7,10,12-14H,3-6,8-9,11,15H2,1-2H3/b26-16+,27-20+. The summed E-state index contributed by atoms with van der Waals surface area (Å²) in [6.45, 7) is 2.28. The molecule has 1 aliphatic carbocycles. The Bertz CT molecular complexity index is 883. The Morgan fingerprint density at radius 3 is 2.83 bits per heavy atom. The number of fused-ring (bicyclic) bond motifs is 1. The zero-order chi connectivity index (χ0) is 20.5. The smallest absolute Gasteiger partial charge is 0.213 e. The number of aromatic nitrogens is 2. The van der Waals surface area contributed by atoms with Crippen LogP contribution in [0.5, 0.6) is 0 Å². The molecule has 0 bridgehead atoms. The fourth-order valence-corrected chi connectivity index (χ4v) is 3.33. The van der Waals surface area contributed by atoms with Crippen molar-refractivity contribution in [1.82, 2.24) is 9.97 Å². The van der Waals surface area contributed by atoms with Crippen molar-refractivity contribution < 1.29 is 14.1 Å². The van der Waals surface area contributed by atoms with Crippen molar-refractivity contribution in [1.29, 1.82) is 0 Å². The Kier molecular flexibility index (Phi) is 7.67. The third-order valence-corrected chi connectivity index (χ3v) is 4.83. The Hall–Kier alpha value is -2.83. The Balaban J connectivity index is 1.40. The van der Waals surface area contributed by atoms with Gasteiger partial charge in [0, 0.05) is 5.69 Å². The number of rotatable bonds is 9. The van der Waals surface area contributed by atoms with Crippen LogP contribution in [0.3, 0.4) is 0 Å². The number of hydrogen-bond acceptors (Lipinski definition) is 6. The summed E-state index contributed by atoms with van der Waals surface area (Å²) in [4.78, 5) is 18.9. The van der Waals surface area contributed by atoms with Crippen LogP contribution in [0.2, 0.25) is 0 Å². The molecule has 0 saturated carbocycles. The number of aryl methyl sites for hydroxylation is 2. The fourth-order valence-electron chi connectivity index (χ4n) is 3.33. The van der Waals surface area contributed by atoms with E-state index in [4.69, 9.17) is 14.7 Å². The molecule has 1 aliphatic rings. The van der Waals surface area contributed by atoms with Crippen LogP contribution >= 0.6 is 0 Å². The van der Waals surface area contributed by atoms with Crippen molar-refractivity contribution in [2.45, 2.75) is 51.9 Å². The van der Waals surface area contributed by atoms with Crippen LogP contribution < -0.4 is 0 Å². The van der Waals surface area contributed by atoms with E-state index in [1.165, 1.54) is 11.6 Å². The summed E-state index contributed by atoms with van der Waals surface area (Å²) in [5.74, 6) is -0.520. The van der Waals surface area contributed by atoms with Crippen LogP contribution in [-0.2, 0) is 22.5 Å². The molecule has 29 heavy (non-hydrogen) atoms. The number of hydrogen-bond donors (Lipinski definition) is 0. The molecule has 0 saturated heterocycles. The highest BCUT2D eigenvalue weighted by Gasteiger charge is 2.18. The maximum atomic E-state index is 13.1. The maximum absolute atomic E-state index is 13.1. The van der Waals surface area contributed by atoms with Gasteiger partial charge in [0.15, 0.2) is 0 Å². The first-order valence-corrected chi connectivity index (χ1v) is 10.1. The molecular formula is C22H27FN4O2. The molecule has 2 aromatic rings. The van der Waals surface area contributed by atoms with Gasteiger partial charge in [-0.3, -0.25) is 4.98 Å². The number of oxime groups is 2. The van der Waals surface area contributed by atoms with Crippen LogP contribution in [0.25, 0.3) is 0 Å². The largest absolute Gasteiger partial charge is 0.399 e. The van der Waals surface area contributed by atoms with E-state index in [-0.39, 0.29) is 0 Å². The van der Waals surface area contributed by atoms with Gasteiger partial charge in [-0.25, -0.2) is 4.98 Å². The van der Waals surface area contributed by atoms with Gasteiger partial charge in [-0.05, 0) is 75.6 Å². The molecule has 0 N–H and O–H groups in total. The quantitative estimate of drug-likeness (QED) is 0.271. The SMILES string of the molecule is CO/N=C1\CCCc2ccc(CCCCCO/N=C(\C)c3cccc(F)n3)nc21. The van der Waals surface area contributed by atoms with E-state index in [1.54, 1.807) is 26.2 Å². The number of halogens is 1. The van der Waals surface area contributed by atoms with Gasteiger partial charge in [0.25, 0.3) is 0 Å². The highest BCUT2D eigenvalue weighted by atomic mass is 19.1. The van der Waals surface area contributed by atoms with Crippen LogP contribution in [-0.4, -0.2) is 35.1 Å². The predicted molar refractivity (Wildman–Crippen MR) is 111 cm³/mol. The third-order valence-electron chi connectivity index (χ3n) is 4.83. The van der Waals surface area contributed by atoms with E-state index >= 15 is 0 Å². The minimum Gasteiger partial charge on any atom is -0.399 e. The minimum absolute atomic E-state index is 0.486. The van der Waals surface area contributed by atoms with E-state index in [1.807, 2.05) is 0 Å². The van der Waals surface area contributed by atoms with Crippen molar-refractivity contribution in [2.75, 3.05) is 13.7 Å². The van der Waals surface area contributed by atoms with Gasteiger partial charge in [0.2, 0.25) is 5.95 Å². The number of unbranched alkanes of at least 4 members (excludes halogenated alkanes) is 2. The third kappa shape index (κ3) is 6.07. The van der Waals surface area contributed by atoms with E-state index in [9.17, 15) is 4.39 Å². The first-order valence-electron chi connectivity index (χ1n) is 10.1. The molecule has 0 atom stereocenters. The van der Waals surface area contributed by atoms with Crippen LogP contribution in [0.15, 0.2) is 40.6 Å². The van der Waals surface area contributed by atoms with Crippen molar-refractivity contribution in [3.8, 4) is 0 Å². The summed E-state index contributed by atoms with van der Waals surface area (Å²) in [5.41, 5.74) is 5.34. The molecule has 0 spiro atoms. The van der Waals surface area contributed by atoms with Crippen molar-refractivity contribution in [2.24, 2.45) is 10.3 Å². The molecule has 2 aromatic heterocycles. The number of nitrogens with zero attached hydrogens (tertiary/aromatic N) is 4. The zero-order valence-corrected chi connectivity index (χ0v) is 17.0. The lowest BCUT2D eigenvalue weighted by Crippen LogP contribution is -2.15. The van der Waals surface area contributed by atoms with E-state index in [2.05, 4.69) is 27.4 Å². The summed E-state index contributed by atoms with van der Waals surface area (Å²) in [5, 5.41) is 8.15. The lowest BCUT2D eigenvalue weighted by atomic mass is 9.94. The van der Waals surface area contributed by atoms with E-state index < -0.39 is 5.95 Å². The van der Waals surface area contributed by atoms with Gasteiger partial charge in [0.1, 0.15) is 25.1 Å². The highest BCUT2D eigenvalue weighted by Crippen LogP contribution is 2.21. The van der Waals surface area contributed by atoms with Crippen LogP contribution in [0, 0.1) is 5.95 Å². The van der Waals surface area contributed by atoms with Crippen molar-refractivity contribution >= 4 is 11.4 Å². The molecule has 0 unspecified atom stereocenters. The van der Waals surface area contributed by atoms with E-state index in [0.717, 1.165) is 62.0 Å². The number of pyridine rings is 2. The molecular weight excluding hydrogens is 371 g/mol. The molecule has 0 radical (unpaired) electrons. The van der Waals surface area contributed by atoms with Gasteiger partial charge in [-0.15, -0.1) is 0 Å². The molecule has 6 nitrogen and oxygen atoms in total. The summed E-state index contributed by atoms with van der Waals surface area (Å²) < 4.78 is 13.1. The summed E-state index contributed by atoms with van der Waals surface area (Å²) >= 11 is 0. The second kappa shape index (κ2) is 10.6. The van der Waals surface area contributed by atoms with Crippen LogP contribution in [0.4, 0.5) is 4.39 Å². The summed E-state index contributed by atoms with van der Waals surface area (Å²) in [6.07, 6.45) is 6.92. The lowest BCUT2D eigenvalue weighted by Gasteiger charge is -2.17.